The molecule has 2 atom stereocenters. The Kier molecular flexibility index (Phi) is 4.28. The van der Waals surface area contributed by atoms with Crippen LogP contribution in [0.3, 0.4) is 0 Å². The number of benzene rings is 1. The molecule has 4 rings (SSSR count). The molecule has 0 aromatic heterocycles. The van der Waals surface area contributed by atoms with Crippen LogP contribution < -0.4 is 0 Å². The van der Waals surface area contributed by atoms with Gasteiger partial charge < -0.3 is 14.2 Å². The molecule has 4 nitrogen and oxygen atoms in total. The molecular formula is C20H23ClO4. The van der Waals surface area contributed by atoms with E-state index in [9.17, 15) is 4.79 Å². The van der Waals surface area contributed by atoms with Crippen LogP contribution in [0.2, 0.25) is 5.02 Å². The number of hydrogen-bond acceptors (Lipinski definition) is 4. The van der Waals surface area contributed by atoms with Crippen molar-refractivity contribution in [2.24, 2.45) is 5.92 Å². The largest absolute Gasteiger partial charge is 0.456 e. The Morgan fingerprint density at radius 3 is 2.44 bits per heavy atom. The van der Waals surface area contributed by atoms with Crippen LogP contribution in [-0.4, -0.2) is 17.9 Å². The van der Waals surface area contributed by atoms with Crippen LogP contribution in [0.4, 0.5) is 0 Å². The number of esters is 1. The number of halogens is 1. The number of cyclic esters (lactones) is 1. The molecule has 1 aliphatic carbocycles. The fraction of sp³-hybridized carbons (Fsp3) is 0.550. The first kappa shape index (κ1) is 16.9. The zero-order chi connectivity index (χ0) is 17.6. The van der Waals surface area contributed by atoms with Crippen molar-refractivity contribution < 1.29 is 19.0 Å². The van der Waals surface area contributed by atoms with Gasteiger partial charge in [-0.2, -0.15) is 0 Å². The molecule has 134 valence electrons. The van der Waals surface area contributed by atoms with Gasteiger partial charge in [0.15, 0.2) is 0 Å². The summed E-state index contributed by atoms with van der Waals surface area (Å²) in [5, 5.41) is 0.657. The standard InChI is InChI=1S/C20H23ClO4/c1-20(2)24-16-11-15(12-5-3-4-6-12)23-18(17(16)19(22)25-20)13-7-9-14(21)10-8-13/h7-10,12,15,18H,3-6,11H2,1-2H3/t15-,18+/m0/s1. The zero-order valence-corrected chi connectivity index (χ0v) is 15.3. The van der Waals surface area contributed by atoms with Crippen LogP contribution in [0.1, 0.15) is 57.6 Å². The number of rotatable bonds is 2. The first-order valence-electron chi connectivity index (χ1n) is 8.99. The Bertz CT molecular complexity index is 701. The van der Waals surface area contributed by atoms with Crippen molar-refractivity contribution in [3.63, 3.8) is 0 Å². The van der Waals surface area contributed by atoms with E-state index in [0.717, 1.165) is 11.3 Å². The van der Waals surface area contributed by atoms with E-state index in [1.807, 2.05) is 24.3 Å². The highest BCUT2D eigenvalue weighted by Crippen LogP contribution is 2.46. The predicted molar refractivity (Wildman–Crippen MR) is 93.9 cm³/mol. The highest BCUT2D eigenvalue weighted by Gasteiger charge is 2.46. The lowest BCUT2D eigenvalue weighted by Crippen LogP contribution is -2.43. The first-order valence-corrected chi connectivity index (χ1v) is 9.37. The van der Waals surface area contributed by atoms with Gasteiger partial charge >= 0.3 is 5.97 Å². The summed E-state index contributed by atoms with van der Waals surface area (Å²) >= 11 is 6.02. The van der Waals surface area contributed by atoms with Crippen LogP contribution in [0.15, 0.2) is 35.6 Å². The number of carbonyl (C=O) groups excluding carboxylic acids is 1. The second-order valence-corrected chi connectivity index (χ2v) is 8.02. The summed E-state index contributed by atoms with van der Waals surface area (Å²) in [6.07, 6.45) is 5.09. The van der Waals surface area contributed by atoms with Gasteiger partial charge in [-0.25, -0.2) is 4.79 Å². The molecule has 0 radical (unpaired) electrons. The van der Waals surface area contributed by atoms with Gasteiger partial charge in [0.25, 0.3) is 0 Å². The summed E-state index contributed by atoms with van der Waals surface area (Å²) < 4.78 is 17.9. The maximum atomic E-state index is 12.7. The third-order valence-electron chi connectivity index (χ3n) is 5.29. The molecule has 1 aromatic rings. The van der Waals surface area contributed by atoms with Crippen LogP contribution in [0, 0.1) is 5.92 Å². The predicted octanol–water partition coefficient (Wildman–Crippen LogP) is 4.92. The van der Waals surface area contributed by atoms with Crippen LogP contribution in [0.25, 0.3) is 0 Å². The van der Waals surface area contributed by atoms with E-state index >= 15 is 0 Å². The molecule has 2 aliphatic heterocycles. The molecule has 1 aromatic carbocycles. The molecule has 0 bridgehead atoms. The van der Waals surface area contributed by atoms with E-state index in [-0.39, 0.29) is 12.1 Å². The van der Waals surface area contributed by atoms with E-state index in [1.165, 1.54) is 25.7 Å². The molecule has 1 saturated carbocycles. The quantitative estimate of drug-likeness (QED) is 0.700. The van der Waals surface area contributed by atoms with Crippen LogP contribution in [-0.2, 0) is 19.0 Å². The average molecular weight is 363 g/mol. The van der Waals surface area contributed by atoms with E-state index in [4.69, 9.17) is 25.8 Å². The van der Waals surface area contributed by atoms with Crippen molar-refractivity contribution in [1.29, 1.82) is 0 Å². The van der Waals surface area contributed by atoms with Gasteiger partial charge in [-0.15, -0.1) is 0 Å². The molecule has 0 unspecified atom stereocenters. The smallest absolute Gasteiger partial charge is 0.343 e. The second-order valence-electron chi connectivity index (χ2n) is 7.58. The normalized spacial score (nSPS) is 29.2. The fourth-order valence-electron chi connectivity index (χ4n) is 4.13. The summed E-state index contributed by atoms with van der Waals surface area (Å²) in [6.45, 7) is 3.54. The van der Waals surface area contributed by atoms with Crippen molar-refractivity contribution >= 4 is 17.6 Å². The molecule has 0 spiro atoms. The van der Waals surface area contributed by atoms with E-state index in [0.29, 0.717) is 22.9 Å². The van der Waals surface area contributed by atoms with Crippen LogP contribution >= 0.6 is 11.6 Å². The number of hydrogen-bond donors (Lipinski definition) is 0. The van der Waals surface area contributed by atoms with Gasteiger partial charge in [-0.1, -0.05) is 36.6 Å². The molecule has 3 aliphatic rings. The van der Waals surface area contributed by atoms with Crippen molar-refractivity contribution in [3.05, 3.63) is 46.2 Å². The third kappa shape index (κ3) is 3.30. The lowest BCUT2D eigenvalue weighted by atomic mass is 9.89. The van der Waals surface area contributed by atoms with Crippen molar-refractivity contribution in [1.82, 2.24) is 0 Å². The van der Waals surface area contributed by atoms with Gasteiger partial charge in [-0.05, 0) is 36.5 Å². The molecule has 2 heterocycles. The van der Waals surface area contributed by atoms with Gasteiger partial charge in [0, 0.05) is 25.3 Å². The Labute approximate surface area is 153 Å². The summed E-state index contributed by atoms with van der Waals surface area (Å²) in [5.74, 6) is -0.0354. The van der Waals surface area contributed by atoms with E-state index in [1.54, 1.807) is 13.8 Å². The van der Waals surface area contributed by atoms with Gasteiger partial charge in [0.05, 0.1) is 6.10 Å². The Balaban J connectivity index is 1.73. The third-order valence-corrected chi connectivity index (χ3v) is 5.54. The molecule has 25 heavy (non-hydrogen) atoms. The van der Waals surface area contributed by atoms with Gasteiger partial charge in [-0.3, -0.25) is 0 Å². The molecule has 5 heteroatoms. The summed E-state index contributed by atoms with van der Waals surface area (Å²) in [6, 6.07) is 7.45. The van der Waals surface area contributed by atoms with Crippen molar-refractivity contribution in [3.8, 4) is 0 Å². The minimum Gasteiger partial charge on any atom is -0.456 e. The molecule has 0 saturated heterocycles. The Hall–Kier alpha value is -1.52. The van der Waals surface area contributed by atoms with Gasteiger partial charge in [0.2, 0.25) is 5.79 Å². The van der Waals surface area contributed by atoms with Gasteiger partial charge in [0.1, 0.15) is 17.4 Å². The first-order chi connectivity index (χ1) is 11.9. The zero-order valence-electron chi connectivity index (χ0n) is 14.6. The molecule has 1 fully saturated rings. The average Bonchev–Trinajstić information content (AvgIpc) is 3.07. The van der Waals surface area contributed by atoms with Crippen molar-refractivity contribution in [2.75, 3.05) is 0 Å². The minimum absolute atomic E-state index is 0.0728. The highest BCUT2D eigenvalue weighted by molar-refractivity contribution is 6.30. The second kappa shape index (κ2) is 6.33. The summed E-state index contributed by atoms with van der Waals surface area (Å²) in [5.41, 5.74) is 1.40. The lowest BCUT2D eigenvalue weighted by molar-refractivity contribution is -0.218. The van der Waals surface area contributed by atoms with Crippen molar-refractivity contribution in [2.45, 2.75) is 63.9 Å². The highest BCUT2D eigenvalue weighted by atomic mass is 35.5. The Morgan fingerprint density at radius 2 is 1.76 bits per heavy atom. The monoisotopic (exact) mass is 362 g/mol. The molecule has 0 amide bonds. The number of ether oxygens (including phenoxy) is 3. The topological polar surface area (TPSA) is 44.8 Å². The maximum absolute atomic E-state index is 12.7. The maximum Gasteiger partial charge on any atom is 0.343 e. The summed E-state index contributed by atoms with van der Waals surface area (Å²) in [4.78, 5) is 12.7. The summed E-state index contributed by atoms with van der Waals surface area (Å²) in [7, 11) is 0. The lowest BCUT2D eigenvalue weighted by Gasteiger charge is -2.42. The molecular weight excluding hydrogens is 340 g/mol. The fourth-order valence-corrected chi connectivity index (χ4v) is 4.26. The molecule has 0 N–H and O–H groups in total. The Morgan fingerprint density at radius 1 is 1.08 bits per heavy atom. The van der Waals surface area contributed by atoms with E-state index in [2.05, 4.69) is 0 Å². The van der Waals surface area contributed by atoms with E-state index < -0.39 is 11.9 Å². The number of carbonyl (C=O) groups is 1. The minimum atomic E-state index is -0.933. The van der Waals surface area contributed by atoms with Crippen LogP contribution in [0.5, 0.6) is 0 Å². The SMILES string of the molecule is CC1(C)OC(=O)C2=C(C[C@@H](C3CCCC3)O[C@@H]2c2ccc(Cl)cc2)O1.